The molecule has 0 atom stereocenters. The third-order valence-electron chi connectivity index (χ3n) is 5.83. The number of benzene rings is 3. The van der Waals surface area contributed by atoms with Crippen LogP contribution in [0.15, 0.2) is 77.7 Å². The van der Waals surface area contributed by atoms with Crippen molar-refractivity contribution in [3.05, 3.63) is 95.1 Å². The standard InChI is InChI=1S/C26H28N2O3S/c1-20-8-10-22(11-9-20)19-27-26(29)17-14-21-12-15-24(16-13-21)32(30,31)28-18-4-6-23-5-2-3-7-25(23)28/h2-3,5,7-13,15-16H,4,6,14,17-19H2,1H3,(H,27,29). The molecule has 5 nitrogen and oxygen atoms in total. The lowest BCUT2D eigenvalue weighted by Gasteiger charge is -2.30. The molecule has 1 amide bonds. The van der Waals surface area contributed by atoms with Crippen molar-refractivity contribution in [2.24, 2.45) is 0 Å². The van der Waals surface area contributed by atoms with Crippen LogP contribution in [0.2, 0.25) is 0 Å². The minimum absolute atomic E-state index is 0.0211. The van der Waals surface area contributed by atoms with Crippen molar-refractivity contribution in [3.8, 4) is 0 Å². The molecule has 1 aliphatic heterocycles. The molecule has 0 radical (unpaired) electrons. The highest BCUT2D eigenvalue weighted by Gasteiger charge is 2.28. The van der Waals surface area contributed by atoms with Gasteiger partial charge in [-0.1, -0.05) is 60.2 Å². The fraction of sp³-hybridized carbons (Fsp3) is 0.269. The number of nitrogens with one attached hydrogen (secondary N) is 1. The molecule has 0 fully saturated rings. The van der Waals surface area contributed by atoms with Crippen molar-refractivity contribution in [1.29, 1.82) is 0 Å². The quantitative estimate of drug-likeness (QED) is 0.583. The van der Waals surface area contributed by atoms with Crippen molar-refractivity contribution in [2.75, 3.05) is 10.8 Å². The first-order chi connectivity index (χ1) is 15.4. The maximum absolute atomic E-state index is 13.2. The number of rotatable bonds is 7. The SMILES string of the molecule is Cc1ccc(CNC(=O)CCc2ccc(S(=O)(=O)N3CCCc4ccccc43)cc2)cc1. The van der Waals surface area contributed by atoms with Gasteiger partial charge in [0.05, 0.1) is 10.6 Å². The maximum atomic E-state index is 13.2. The summed E-state index contributed by atoms with van der Waals surface area (Å²) in [4.78, 5) is 12.5. The van der Waals surface area contributed by atoms with E-state index in [4.69, 9.17) is 0 Å². The fourth-order valence-electron chi connectivity index (χ4n) is 3.96. The number of aryl methyl sites for hydroxylation is 3. The highest BCUT2D eigenvalue weighted by molar-refractivity contribution is 7.92. The van der Waals surface area contributed by atoms with Crippen LogP contribution in [0.5, 0.6) is 0 Å². The second kappa shape index (κ2) is 9.57. The number of nitrogens with zero attached hydrogens (tertiary/aromatic N) is 1. The molecule has 4 rings (SSSR count). The monoisotopic (exact) mass is 448 g/mol. The summed E-state index contributed by atoms with van der Waals surface area (Å²) in [6.45, 7) is 3.03. The lowest BCUT2D eigenvalue weighted by Crippen LogP contribution is -2.35. The normalized spacial score (nSPS) is 13.5. The van der Waals surface area contributed by atoms with Crippen LogP contribution < -0.4 is 9.62 Å². The topological polar surface area (TPSA) is 66.5 Å². The number of anilines is 1. The lowest BCUT2D eigenvalue weighted by atomic mass is 10.0. The molecular weight excluding hydrogens is 420 g/mol. The van der Waals surface area contributed by atoms with Gasteiger partial charge in [0.25, 0.3) is 10.0 Å². The Bertz CT molecular complexity index is 1190. The van der Waals surface area contributed by atoms with E-state index in [1.54, 1.807) is 24.3 Å². The van der Waals surface area contributed by atoms with Crippen LogP contribution in [0, 0.1) is 6.92 Å². The van der Waals surface area contributed by atoms with E-state index in [-0.39, 0.29) is 10.8 Å². The van der Waals surface area contributed by atoms with Gasteiger partial charge in [0, 0.05) is 19.5 Å². The van der Waals surface area contributed by atoms with Crippen LogP contribution in [-0.4, -0.2) is 20.9 Å². The molecule has 0 unspecified atom stereocenters. The average Bonchev–Trinajstić information content (AvgIpc) is 2.82. The summed E-state index contributed by atoms with van der Waals surface area (Å²) in [6, 6.07) is 22.6. The van der Waals surface area contributed by atoms with Crippen LogP contribution in [0.3, 0.4) is 0 Å². The minimum atomic E-state index is -3.61. The van der Waals surface area contributed by atoms with Crippen molar-refractivity contribution in [3.63, 3.8) is 0 Å². The van der Waals surface area contributed by atoms with E-state index >= 15 is 0 Å². The van der Waals surface area contributed by atoms with Gasteiger partial charge >= 0.3 is 0 Å². The van der Waals surface area contributed by atoms with Gasteiger partial charge in [-0.15, -0.1) is 0 Å². The Hall–Kier alpha value is -3.12. The maximum Gasteiger partial charge on any atom is 0.264 e. The fourth-order valence-corrected chi connectivity index (χ4v) is 5.50. The second-order valence-corrected chi connectivity index (χ2v) is 10.1. The Kier molecular flexibility index (Phi) is 6.61. The van der Waals surface area contributed by atoms with Crippen molar-refractivity contribution in [1.82, 2.24) is 5.32 Å². The predicted octanol–water partition coefficient (Wildman–Crippen LogP) is 4.39. The number of hydrogen-bond donors (Lipinski definition) is 1. The highest BCUT2D eigenvalue weighted by atomic mass is 32.2. The zero-order valence-corrected chi connectivity index (χ0v) is 19.1. The van der Waals surface area contributed by atoms with E-state index in [9.17, 15) is 13.2 Å². The molecule has 32 heavy (non-hydrogen) atoms. The predicted molar refractivity (Wildman–Crippen MR) is 127 cm³/mol. The summed E-state index contributed by atoms with van der Waals surface area (Å²) in [5, 5.41) is 2.94. The van der Waals surface area contributed by atoms with E-state index in [0.717, 1.165) is 35.2 Å². The summed E-state index contributed by atoms with van der Waals surface area (Å²) in [5.74, 6) is -0.0211. The van der Waals surface area contributed by atoms with Crippen molar-refractivity contribution < 1.29 is 13.2 Å². The third kappa shape index (κ3) is 5.02. The molecule has 0 aliphatic carbocycles. The second-order valence-electron chi connectivity index (χ2n) is 8.22. The summed E-state index contributed by atoms with van der Waals surface area (Å²) >= 11 is 0. The van der Waals surface area contributed by atoms with E-state index in [1.807, 2.05) is 55.5 Å². The Morgan fingerprint density at radius 3 is 2.38 bits per heavy atom. The van der Waals surface area contributed by atoms with Crippen LogP contribution >= 0.6 is 0 Å². The number of hydrogen-bond acceptors (Lipinski definition) is 3. The van der Waals surface area contributed by atoms with Gasteiger partial charge in [-0.05, 0) is 61.1 Å². The third-order valence-corrected chi connectivity index (χ3v) is 7.66. The molecule has 1 heterocycles. The molecule has 0 aromatic heterocycles. The van der Waals surface area contributed by atoms with Gasteiger partial charge in [0.15, 0.2) is 0 Å². The van der Waals surface area contributed by atoms with E-state index in [0.29, 0.717) is 25.9 Å². The van der Waals surface area contributed by atoms with Gasteiger partial charge in [-0.25, -0.2) is 8.42 Å². The number of para-hydroxylation sites is 1. The first-order valence-corrected chi connectivity index (χ1v) is 12.4. The first-order valence-electron chi connectivity index (χ1n) is 11.0. The molecule has 0 spiro atoms. The Labute approximate surface area is 190 Å². The number of carbonyl (C=O) groups excluding carboxylic acids is 1. The first kappa shape index (κ1) is 22.1. The molecule has 1 aliphatic rings. The number of amides is 1. The van der Waals surface area contributed by atoms with E-state index in [1.165, 1.54) is 9.87 Å². The van der Waals surface area contributed by atoms with Crippen LogP contribution in [0.1, 0.15) is 35.1 Å². The van der Waals surface area contributed by atoms with Crippen LogP contribution in [0.25, 0.3) is 0 Å². The molecule has 1 N–H and O–H groups in total. The molecule has 0 saturated heterocycles. The largest absolute Gasteiger partial charge is 0.352 e. The zero-order valence-electron chi connectivity index (χ0n) is 18.3. The van der Waals surface area contributed by atoms with E-state index < -0.39 is 10.0 Å². The molecule has 166 valence electrons. The lowest BCUT2D eigenvalue weighted by molar-refractivity contribution is -0.121. The number of fused-ring (bicyclic) bond motifs is 1. The summed E-state index contributed by atoms with van der Waals surface area (Å²) < 4.78 is 28.0. The van der Waals surface area contributed by atoms with Gasteiger partial charge < -0.3 is 5.32 Å². The molecule has 0 bridgehead atoms. The molecular formula is C26H28N2O3S. The van der Waals surface area contributed by atoms with Gasteiger partial charge in [-0.2, -0.15) is 0 Å². The van der Waals surface area contributed by atoms with Gasteiger partial charge in [0.1, 0.15) is 0 Å². The van der Waals surface area contributed by atoms with Crippen molar-refractivity contribution >= 4 is 21.6 Å². The highest BCUT2D eigenvalue weighted by Crippen LogP contribution is 2.31. The number of sulfonamides is 1. The average molecular weight is 449 g/mol. The van der Waals surface area contributed by atoms with Crippen LogP contribution in [0.4, 0.5) is 5.69 Å². The summed E-state index contributed by atoms with van der Waals surface area (Å²) in [5.41, 5.74) is 5.03. The van der Waals surface area contributed by atoms with Gasteiger partial charge in [-0.3, -0.25) is 9.10 Å². The molecule has 3 aromatic rings. The van der Waals surface area contributed by atoms with Gasteiger partial charge in [0.2, 0.25) is 5.91 Å². The van der Waals surface area contributed by atoms with Crippen molar-refractivity contribution in [2.45, 2.75) is 44.0 Å². The summed E-state index contributed by atoms with van der Waals surface area (Å²) in [7, 11) is -3.61. The zero-order chi connectivity index (χ0) is 22.6. The molecule has 3 aromatic carbocycles. The van der Waals surface area contributed by atoms with E-state index in [2.05, 4.69) is 5.32 Å². The molecule has 6 heteroatoms. The smallest absolute Gasteiger partial charge is 0.264 e. The summed E-state index contributed by atoms with van der Waals surface area (Å²) in [6.07, 6.45) is 2.63. The number of carbonyl (C=O) groups is 1. The Morgan fingerprint density at radius 2 is 1.62 bits per heavy atom. The van der Waals surface area contributed by atoms with Crippen LogP contribution in [-0.2, 0) is 34.2 Å². The minimum Gasteiger partial charge on any atom is -0.352 e. The Morgan fingerprint density at radius 1 is 0.938 bits per heavy atom. The molecule has 0 saturated carbocycles. The Balaban J connectivity index is 1.36.